The zero-order valence-electron chi connectivity index (χ0n) is 15.5. The first-order chi connectivity index (χ1) is 13.2. The lowest BCUT2D eigenvalue weighted by molar-refractivity contribution is 0.0747. The molecule has 1 aromatic heterocycles. The minimum Gasteiger partial charge on any atom is -0.386 e. The second-order valence-corrected chi connectivity index (χ2v) is 8.71. The third-order valence-electron chi connectivity index (χ3n) is 4.24. The first-order valence-electron chi connectivity index (χ1n) is 8.65. The predicted octanol–water partition coefficient (Wildman–Crippen LogP) is 4.45. The summed E-state index contributed by atoms with van der Waals surface area (Å²) in [6, 6.07) is 15.7. The molecule has 0 amide bonds. The number of aromatic nitrogens is 1. The Morgan fingerprint density at radius 1 is 0.964 bits per heavy atom. The topological polar surface area (TPSA) is 67.3 Å². The zero-order valence-corrected chi connectivity index (χ0v) is 16.3. The quantitative estimate of drug-likeness (QED) is 0.646. The number of benzene rings is 2. The Bertz CT molecular complexity index is 1120. The summed E-state index contributed by atoms with van der Waals surface area (Å²) in [6.45, 7) is 3.03. The Balaban J connectivity index is 1.93. The second-order valence-electron chi connectivity index (χ2n) is 6.84. The summed E-state index contributed by atoms with van der Waals surface area (Å²) < 4.78 is 39.7. The number of aliphatic hydroxyl groups is 1. The van der Waals surface area contributed by atoms with Crippen LogP contribution < -0.4 is 0 Å². The number of hydrogen-bond acceptors (Lipinski definition) is 4. The van der Waals surface area contributed by atoms with Gasteiger partial charge < -0.3 is 5.11 Å². The summed E-state index contributed by atoms with van der Waals surface area (Å²) in [4.78, 5) is 4.07. The summed E-state index contributed by atoms with van der Waals surface area (Å²) in [5.41, 5.74) is 0.0611. The third-order valence-corrected chi connectivity index (χ3v) is 5.96. The van der Waals surface area contributed by atoms with Gasteiger partial charge in [0.1, 0.15) is 5.82 Å². The molecule has 0 radical (unpaired) electrons. The van der Waals surface area contributed by atoms with Crippen molar-refractivity contribution in [3.05, 3.63) is 89.4 Å². The Kier molecular flexibility index (Phi) is 5.45. The Hall–Kier alpha value is -2.83. The fourth-order valence-electron chi connectivity index (χ4n) is 2.74. The van der Waals surface area contributed by atoms with Crippen LogP contribution in [0.2, 0.25) is 0 Å². The summed E-state index contributed by atoms with van der Waals surface area (Å²) in [7, 11) is -3.90. The first kappa shape index (κ1) is 19.9. The maximum Gasteiger partial charge on any atom is 0.224 e. The molecule has 3 rings (SSSR count). The smallest absolute Gasteiger partial charge is 0.224 e. The number of rotatable bonds is 5. The molecule has 28 heavy (non-hydrogen) atoms. The zero-order chi connectivity index (χ0) is 20.4. The molecule has 0 bridgehead atoms. The van der Waals surface area contributed by atoms with Crippen LogP contribution in [0.4, 0.5) is 4.39 Å². The molecule has 1 heterocycles. The van der Waals surface area contributed by atoms with E-state index >= 15 is 0 Å². The number of nitrogens with zero attached hydrogens (tertiary/aromatic N) is 1. The van der Waals surface area contributed by atoms with Crippen molar-refractivity contribution in [1.82, 2.24) is 4.98 Å². The first-order valence-corrected chi connectivity index (χ1v) is 10.1. The van der Waals surface area contributed by atoms with Crippen molar-refractivity contribution in [1.29, 1.82) is 0 Å². The minimum absolute atomic E-state index is 0.0692. The van der Waals surface area contributed by atoms with E-state index in [1.165, 1.54) is 38.2 Å². The van der Waals surface area contributed by atoms with Gasteiger partial charge >= 0.3 is 0 Å². The molecule has 3 aromatic rings. The van der Waals surface area contributed by atoms with E-state index in [0.717, 1.165) is 5.56 Å². The van der Waals surface area contributed by atoms with Crippen LogP contribution in [0.1, 0.15) is 30.5 Å². The molecule has 0 unspecified atom stereocenters. The van der Waals surface area contributed by atoms with Gasteiger partial charge in [-0.05, 0) is 43.7 Å². The Morgan fingerprint density at radius 3 is 2.29 bits per heavy atom. The average Bonchev–Trinajstić information content (AvgIpc) is 2.67. The van der Waals surface area contributed by atoms with Crippen LogP contribution in [0.5, 0.6) is 0 Å². The SMILES string of the molecule is CC(C)(O)c1cccnc1S(=O)(=O)c1ccc(C=Cc2ccccc2F)cc1. The third kappa shape index (κ3) is 4.18. The highest BCUT2D eigenvalue weighted by Gasteiger charge is 2.29. The van der Waals surface area contributed by atoms with E-state index in [0.29, 0.717) is 5.56 Å². The van der Waals surface area contributed by atoms with Gasteiger partial charge in [0.2, 0.25) is 9.84 Å². The van der Waals surface area contributed by atoms with Gasteiger partial charge in [-0.2, -0.15) is 0 Å². The van der Waals surface area contributed by atoms with Crippen LogP contribution in [0.15, 0.2) is 76.8 Å². The number of halogens is 1. The van der Waals surface area contributed by atoms with Crippen LogP contribution in [-0.4, -0.2) is 18.5 Å². The van der Waals surface area contributed by atoms with Crippen molar-refractivity contribution >= 4 is 22.0 Å². The molecule has 6 heteroatoms. The van der Waals surface area contributed by atoms with Crippen molar-refractivity contribution < 1.29 is 17.9 Å². The van der Waals surface area contributed by atoms with Gasteiger partial charge in [0.05, 0.1) is 10.5 Å². The van der Waals surface area contributed by atoms with Crippen LogP contribution in [0.3, 0.4) is 0 Å². The fourth-order valence-corrected chi connectivity index (χ4v) is 4.26. The van der Waals surface area contributed by atoms with Gasteiger partial charge in [0, 0.05) is 17.3 Å². The molecule has 0 aliphatic heterocycles. The standard InChI is InChI=1S/C22H20FNO3S/c1-22(2,25)19-7-5-15-24-21(19)28(26,27)18-13-10-16(11-14-18)9-12-17-6-3-4-8-20(17)23/h3-15,25H,1-2H3. The van der Waals surface area contributed by atoms with Gasteiger partial charge in [-0.15, -0.1) is 0 Å². The van der Waals surface area contributed by atoms with Crippen LogP contribution >= 0.6 is 0 Å². The van der Waals surface area contributed by atoms with Crippen molar-refractivity contribution in [2.24, 2.45) is 0 Å². The monoisotopic (exact) mass is 397 g/mol. The lowest BCUT2D eigenvalue weighted by Crippen LogP contribution is -2.21. The molecular formula is C22H20FNO3S. The average molecular weight is 397 g/mol. The summed E-state index contributed by atoms with van der Waals surface area (Å²) in [5.74, 6) is -0.327. The van der Waals surface area contributed by atoms with Gasteiger partial charge in [-0.3, -0.25) is 0 Å². The highest BCUT2D eigenvalue weighted by atomic mass is 32.2. The maximum absolute atomic E-state index is 13.7. The number of pyridine rings is 1. The Labute approximate surface area is 163 Å². The minimum atomic E-state index is -3.90. The Morgan fingerprint density at radius 2 is 1.64 bits per heavy atom. The van der Waals surface area contributed by atoms with Crippen molar-refractivity contribution in [2.45, 2.75) is 29.4 Å². The molecular weight excluding hydrogens is 377 g/mol. The molecule has 0 atom stereocenters. The summed E-state index contributed by atoms with van der Waals surface area (Å²) >= 11 is 0. The second kappa shape index (κ2) is 7.66. The molecule has 0 aliphatic rings. The highest BCUT2D eigenvalue weighted by Crippen LogP contribution is 2.29. The van der Waals surface area contributed by atoms with Gasteiger partial charge in [0.25, 0.3) is 0 Å². The molecule has 1 N–H and O–H groups in total. The van der Waals surface area contributed by atoms with Crippen molar-refractivity contribution in [3.8, 4) is 0 Å². The van der Waals surface area contributed by atoms with Crippen LogP contribution in [-0.2, 0) is 15.4 Å². The molecule has 0 aliphatic carbocycles. The lowest BCUT2D eigenvalue weighted by Gasteiger charge is -2.20. The molecule has 4 nitrogen and oxygen atoms in total. The molecule has 0 saturated heterocycles. The maximum atomic E-state index is 13.7. The molecule has 0 saturated carbocycles. The molecule has 2 aromatic carbocycles. The fraction of sp³-hybridized carbons (Fsp3) is 0.136. The highest BCUT2D eigenvalue weighted by molar-refractivity contribution is 7.91. The van der Waals surface area contributed by atoms with Gasteiger partial charge in [-0.25, -0.2) is 17.8 Å². The van der Waals surface area contributed by atoms with Crippen LogP contribution in [0.25, 0.3) is 12.2 Å². The largest absolute Gasteiger partial charge is 0.386 e. The van der Waals surface area contributed by atoms with E-state index in [-0.39, 0.29) is 21.3 Å². The van der Waals surface area contributed by atoms with E-state index in [9.17, 15) is 17.9 Å². The number of hydrogen-bond donors (Lipinski definition) is 1. The summed E-state index contributed by atoms with van der Waals surface area (Å²) in [6.07, 6.45) is 4.72. The normalized spacial score (nSPS) is 12.4. The van der Waals surface area contributed by atoms with Gasteiger partial charge in [0.15, 0.2) is 5.03 Å². The van der Waals surface area contributed by atoms with E-state index < -0.39 is 15.4 Å². The van der Waals surface area contributed by atoms with E-state index in [4.69, 9.17) is 0 Å². The number of sulfone groups is 1. The van der Waals surface area contributed by atoms with Crippen molar-refractivity contribution in [2.75, 3.05) is 0 Å². The molecule has 0 fully saturated rings. The van der Waals surface area contributed by atoms with Gasteiger partial charge in [-0.1, -0.05) is 48.6 Å². The van der Waals surface area contributed by atoms with E-state index in [1.54, 1.807) is 54.6 Å². The predicted molar refractivity (Wildman–Crippen MR) is 107 cm³/mol. The van der Waals surface area contributed by atoms with E-state index in [2.05, 4.69) is 4.98 Å². The molecule has 0 spiro atoms. The lowest BCUT2D eigenvalue weighted by atomic mass is 10.0. The molecule has 144 valence electrons. The van der Waals surface area contributed by atoms with Crippen LogP contribution in [0, 0.1) is 5.82 Å². The van der Waals surface area contributed by atoms with Crippen molar-refractivity contribution in [3.63, 3.8) is 0 Å². The summed E-state index contributed by atoms with van der Waals surface area (Å²) in [5, 5.41) is 10.1. The van der Waals surface area contributed by atoms with E-state index in [1.807, 2.05) is 0 Å².